The van der Waals surface area contributed by atoms with Crippen molar-refractivity contribution < 1.29 is 13.2 Å². The Balaban J connectivity index is 2.11. The molecule has 0 aliphatic heterocycles. The Morgan fingerprint density at radius 1 is 1.19 bits per heavy atom. The Morgan fingerprint density at radius 2 is 1.95 bits per heavy atom. The van der Waals surface area contributed by atoms with E-state index in [4.69, 9.17) is 0 Å². The van der Waals surface area contributed by atoms with Gasteiger partial charge in [0.2, 0.25) is 0 Å². The van der Waals surface area contributed by atoms with E-state index in [9.17, 15) is 13.2 Å². The van der Waals surface area contributed by atoms with Crippen molar-refractivity contribution in [1.29, 1.82) is 0 Å². The van der Waals surface area contributed by atoms with Gasteiger partial charge in [-0.05, 0) is 33.6 Å². The lowest BCUT2D eigenvalue weighted by Gasteiger charge is -2.10. The smallest absolute Gasteiger partial charge is 0.366 e. The number of rotatable bonds is 4. The van der Waals surface area contributed by atoms with Gasteiger partial charge in [0.05, 0.1) is 5.56 Å². The number of halogens is 4. The molecule has 0 unspecified atom stereocenters. The highest BCUT2D eigenvalue weighted by molar-refractivity contribution is 9.10. The molecule has 0 amide bonds. The van der Waals surface area contributed by atoms with E-state index < -0.39 is 11.7 Å². The minimum absolute atomic E-state index is 0.260. The minimum atomic E-state index is -4.33. The van der Waals surface area contributed by atoms with Gasteiger partial charge in [0.1, 0.15) is 16.2 Å². The van der Waals surface area contributed by atoms with Crippen LogP contribution in [0.15, 0.2) is 34.9 Å². The van der Waals surface area contributed by atoms with E-state index in [1.807, 2.05) is 6.92 Å². The summed E-state index contributed by atoms with van der Waals surface area (Å²) in [5.41, 5.74) is -0.113. The monoisotopic (exact) mass is 359 g/mol. The first-order chi connectivity index (χ1) is 9.88. The highest BCUT2D eigenvalue weighted by atomic mass is 79.9. The standard InChI is InChI=1S/C14H13BrF3N3/c1-2-12-20-11(15)7-13(21-12)19-8-9-4-3-5-10(6-9)14(16,17)18/h3-7H,2,8H2,1H3,(H,19,20,21). The fraction of sp³-hybridized carbons (Fsp3) is 0.286. The maximum atomic E-state index is 12.6. The summed E-state index contributed by atoms with van der Waals surface area (Å²) in [6.45, 7) is 2.19. The first-order valence-corrected chi connectivity index (χ1v) is 7.11. The van der Waals surface area contributed by atoms with Crippen molar-refractivity contribution in [2.75, 3.05) is 5.32 Å². The molecule has 0 bridgehead atoms. The van der Waals surface area contributed by atoms with Crippen LogP contribution in [0.5, 0.6) is 0 Å². The fourth-order valence-electron chi connectivity index (χ4n) is 1.76. The number of benzene rings is 1. The molecule has 2 aromatic rings. The number of aromatic nitrogens is 2. The number of aryl methyl sites for hydroxylation is 1. The lowest BCUT2D eigenvalue weighted by Crippen LogP contribution is -2.08. The molecule has 21 heavy (non-hydrogen) atoms. The Hall–Kier alpha value is -1.63. The molecule has 1 aromatic carbocycles. The molecule has 1 heterocycles. The highest BCUT2D eigenvalue weighted by Gasteiger charge is 2.30. The van der Waals surface area contributed by atoms with E-state index in [1.54, 1.807) is 12.1 Å². The maximum absolute atomic E-state index is 12.6. The van der Waals surface area contributed by atoms with Crippen LogP contribution in [0.2, 0.25) is 0 Å². The third kappa shape index (κ3) is 4.42. The first-order valence-electron chi connectivity index (χ1n) is 6.32. The van der Waals surface area contributed by atoms with Gasteiger partial charge in [-0.15, -0.1) is 0 Å². The van der Waals surface area contributed by atoms with Crippen LogP contribution in [0, 0.1) is 0 Å². The van der Waals surface area contributed by atoms with Gasteiger partial charge in [-0.3, -0.25) is 0 Å². The average molecular weight is 360 g/mol. The predicted octanol–water partition coefficient (Wildman–Crippen LogP) is 4.43. The number of anilines is 1. The highest BCUT2D eigenvalue weighted by Crippen LogP contribution is 2.29. The van der Waals surface area contributed by atoms with E-state index in [-0.39, 0.29) is 6.54 Å². The van der Waals surface area contributed by atoms with Crippen LogP contribution in [0.1, 0.15) is 23.9 Å². The molecule has 0 saturated heterocycles. The normalized spacial score (nSPS) is 11.5. The Labute approximate surface area is 128 Å². The Kier molecular flexibility index (Phi) is 4.82. The van der Waals surface area contributed by atoms with Crippen LogP contribution in [-0.4, -0.2) is 9.97 Å². The molecule has 2 rings (SSSR count). The second-order valence-corrected chi connectivity index (χ2v) is 5.21. The predicted molar refractivity (Wildman–Crippen MR) is 77.9 cm³/mol. The van der Waals surface area contributed by atoms with Crippen LogP contribution < -0.4 is 5.32 Å². The van der Waals surface area contributed by atoms with Gasteiger partial charge in [0.25, 0.3) is 0 Å². The molecule has 0 spiro atoms. The lowest BCUT2D eigenvalue weighted by atomic mass is 10.1. The summed E-state index contributed by atoms with van der Waals surface area (Å²) in [4.78, 5) is 8.43. The van der Waals surface area contributed by atoms with Crippen molar-refractivity contribution in [1.82, 2.24) is 9.97 Å². The summed E-state index contributed by atoms with van der Waals surface area (Å²) in [6, 6.07) is 6.91. The summed E-state index contributed by atoms with van der Waals surface area (Å²) < 4.78 is 38.5. The van der Waals surface area contributed by atoms with Crippen LogP contribution in [0.3, 0.4) is 0 Å². The largest absolute Gasteiger partial charge is 0.416 e. The van der Waals surface area contributed by atoms with Crippen LogP contribution >= 0.6 is 15.9 Å². The van der Waals surface area contributed by atoms with Gasteiger partial charge in [-0.1, -0.05) is 19.1 Å². The molecule has 1 aromatic heterocycles. The molecule has 0 radical (unpaired) electrons. The van der Waals surface area contributed by atoms with Crippen molar-refractivity contribution >= 4 is 21.7 Å². The van der Waals surface area contributed by atoms with Gasteiger partial charge in [-0.2, -0.15) is 13.2 Å². The van der Waals surface area contributed by atoms with Crippen molar-refractivity contribution in [3.05, 3.63) is 51.9 Å². The summed E-state index contributed by atoms with van der Waals surface area (Å²) in [5, 5.41) is 3.01. The molecule has 1 N–H and O–H groups in total. The van der Waals surface area contributed by atoms with Gasteiger partial charge >= 0.3 is 6.18 Å². The van der Waals surface area contributed by atoms with E-state index in [1.165, 1.54) is 6.07 Å². The van der Waals surface area contributed by atoms with Crippen molar-refractivity contribution in [2.45, 2.75) is 26.1 Å². The first kappa shape index (κ1) is 15.8. The summed E-state index contributed by atoms with van der Waals surface area (Å²) in [5.74, 6) is 1.24. The van der Waals surface area contributed by atoms with E-state index in [2.05, 4.69) is 31.2 Å². The van der Waals surface area contributed by atoms with E-state index in [0.717, 1.165) is 12.1 Å². The molecule has 0 saturated carbocycles. The molecule has 3 nitrogen and oxygen atoms in total. The van der Waals surface area contributed by atoms with Gasteiger partial charge in [-0.25, -0.2) is 9.97 Å². The SMILES string of the molecule is CCc1nc(Br)cc(NCc2cccc(C(F)(F)F)c2)n1. The molecule has 0 aliphatic carbocycles. The molecule has 112 valence electrons. The Bertz CT molecular complexity index is 629. The number of nitrogens with one attached hydrogen (secondary N) is 1. The second-order valence-electron chi connectivity index (χ2n) is 4.40. The average Bonchev–Trinajstić information content (AvgIpc) is 2.44. The zero-order chi connectivity index (χ0) is 15.5. The van der Waals surface area contributed by atoms with Gasteiger partial charge in [0, 0.05) is 19.0 Å². The number of nitrogens with zero attached hydrogens (tertiary/aromatic N) is 2. The zero-order valence-corrected chi connectivity index (χ0v) is 12.8. The van der Waals surface area contributed by atoms with Crippen LogP contribution in [-0.2, 0) is 19.1 Å². The zero-order valence-electron chi connectivity index (χ0n) is 11.2. The maximum Gasteiger partial charge on any atom is 0.416 e. The van der Waals surface area contributed by atoms with E-state index in [0.29, 0.717) is 28.2 Å². The van der Waals surface area contributed by atoms with E-state index >= 15 is 0 Å². The number of alkyl halides is 3. The summed E-state index contributed by atoms with van der Waals surface area (Å²) in [6.07, 6.45) is -3.65. The topological polar surface area (TPSA) is 37.8 Å². The molecule has 0 aliphatic rings. The second kappa shape index (κ2) is 6.43. The third-order valence-corrected chi connectivity index (χ3v) is 3.19. The minimum Gasteiger partial charge on any atom is -0.366 e. The fourth-order valence-corrected chi connectivity index (χ4v) is 2.19. The molecule has 7 heteroatoms. The van der Waals surface area contributed by atoms with Crippen molar-refractivity contribution in [3.63, 3.8) is 0 Å². The van der Waals surface area contributed by atoms with Crippen LogP contribution in [0.25, 0.3) is 0 Å². The van der Waals surface area contributed by atoms with Gasteiger partial charge in [0.15, 0.2) is 0 Å². The third-order valence-electron chi connectivity index (χ3n) is 2.79. The quantitative estimate of drug-likeness (QED) is 0.820. The van der Waals surface area contributed by atoms with Crippen molar-refractivity contribution in [3.8, 4) is 0 Å². The number of hydrogen-bond acceptors (Lipinski definition) is 3. The molecule has 0 atom stereocenters. The number of hydrogen-bond donors (Lipinski definition) is 1. The van der Waals surface area contributed by atoms with Crippen LogP contribution in [0.4, 0.5) is 19.0 Å². The van der Waals surface area contributed by atoms with Gasteiger partial charge < -0.3 is 5.32 Å². The molecular formula is C14H13BrF3N3. The molecule has 0 fully saturated rings. The Morgan fingerprint density at radius 3 is 2.62 bits per heavy atom. The lowest BCUT2D eigenvalue weighted by molar-refractivity contribution is -0.137. The summed E-state index contributed by atoms with van der Waals surface area (Å²) in [7, 11) is 0. The van der Waals surface area contributed by atoms with Crippen molar-refractivity contribution in [2.24, 2.45) is 0 Å². The molecular weight excluding hydrogens is 347 g/mol. The summed E-state index contributed by atoms with van der Waals surface area (Å²) >= 11 is 3.28.